The number of imide groups is 2. The maximum Gasteiger partial charge on any atom is 0.335 e. The van der Waals surface area contributed by atoms with E-state index < -0.39 is 23.3 Å². The number of anilines is 2. The predicted molar refractivity (Wildman–Crippen MR) is 112 cm³/mol. The van der Waals surface area contributed by atoms with E-state index in [-0.39, 0.29) is 12.5 Å². The number of barbiturate groups is 1. The van der Waals surface area contributed by atoms with Crippen LogP contribution in [0.25, 0.3) is 0 Å². The van der Waals surface area contributed by atoms with Crippen molar-refractivity contribution in [3.63, 3.8) is 0 Å². The first-order valence-electron chi connectivity index (χ1n) is 10.2. The van der Waals surface area contributed by atoms with Crippen LogP contribution in [-0.2, 0) is 16.0 Å². The zero-order valence-corrected chi connectivity index (χ0v) is 16.8. The maximum absolute atomic E-state index is 13.9. The molecule has 1 spiro atoms. The maximum atomic E-state index is 13.9. The molecule has 2 atom stereocenters. The molecule has 7 nitrogen and oxygen atoms in total. The molecule has 0 saturated carbocycles. The molecule has 154 valence electrons. The highest BCUT2D eigenvalue weighted by Crippen LogP contribution is 2.48. The summed E-state index contributed by atoms with van der Waals surface area (Å²) in [4.78, 5) is 43.3. The Morgan fingerprint density at radius 3 is 2.57 bits per heavy atom. The van der Waals surface area contributed by atoms with Gasteiger partial charge in [0, 0.05) is 12.2 Å². The largest absolute Gasteiger partial charge is 0.497 e. The number of nitrogens with zero attached hydrogens (tertiary/aromatic N) is 2. The van der Waals surface area contributed by atoms with Crippen LogP contribution in [-0.4, -0.2) is 37.5 Å². The number of para-hydroxylation sites is 1. The Morgan fingerprint density at radius 2 is 1.80 bits per heavy atom. The number of carbonyl (C=O) groups is 3. The van der Waals surface area contributed by atoms with Crippen LogP contribution >= 0.6 is 0 Å². The second kappa shape index (κ2) is 6.86. The van der Waals surface area contributed by atoms with Crippen LogP contribution < -0.4 is 19.9 Å². The van der Waals surface area contributed by atoms with Crippen molar-refractivity contribution in [1.29, 1.82) is 0 Å². The van der Waals surface area contributed by atoms with Gasteiger partial charge in [-0.05, 0) is 61.6 Å². The SMILES string of the molecule is COc1ccc(N2C(=O)NC(=O)[C@@]3(Cc4ccccc4N4CCCC[C@H]43)C2=O)cc1. The highest BCUT2D eigenvalue weighted by atomic mass is 16.5. The minimum Gasteiger partial charge on any atom is -0.497 e. The minimum absolute atomic E-state index is 0.275. The number of nitrogens with one attached hydrogen (secondary N) is 1. The molecule has 0 radical (unpaired) electrons. The van der Waals surface area contributed by atoms with Crippen LogP contribution in [0, 0.1) is 5.41 Å². The van der Waals surface area contributed by atoms with Crippen molar-refractivity contribution in [3.8, 4) is 5.75 Å². The fourth-order valence-corrected chi connectivity index (χ4v) is 5.16. The molecule has 30 heavy (non-hydrogen) atoms. The second-order valence-corrected chi connectivity index (χ2v) is 8.08. The van der Waals surface area contributed by atoms with E-state index in [0.29, 0.717) is 11.4 Å². The molecule has 3 aliphatic heterocycles. The third kappa shape index (κ3) is 2.54. The number of piperidine rings is 1. The van der Waals surface area contributed by atoms with Crippen LogP contribution in [0.1, 0.15) is 24.8 Å². The number of methoxy groups -OCH3 is 1. The molecule has 0 aromatic heterocycles. The summed E-state index contributed by atoms with van der Waals surface area (Å²) in [6.45, 7) is 0.792. The number of ether oxygens (including phenoxy) is 1. The van der Waals surface area contributed by atoms with Gasteiger partial charge >= 0.3 is 6.03 Å². The van der Waals surface area contributed by atoms with Gasteiger partial charge in [0.2, 0.25) is 5.91 Å². The molecular formula is C23H23N3O4. The van der Waals surface area contributed by atoms with Gasteiger partial charge in [0.1, 0.15) is 5.75 Å². The van der Waals surface area contributed by atoms with Crippen molar-refractivity contribution in [2.24, 2.45) is 5.41 Å². The van der Waals surface area contributed by atoms with E-state index in [4.69, 9.17) is 4.74 Å². The summed E-state index contributed by atoms with van der Waals surface area (Å²) >= 11 is 0. The van der Waals surface area contributed by atoms with Crippen LogP contribution in [0.4, 0.5) is 16.2 Å². The van der Waals surface area contributed by atoms with E-state index in [1.54, 1.807) is 31.4 Å². The number of amides is 4. The first kappa shape index (κ1) is 18.7. The Kier molecular flexibility index (Phi) is 4.27. The summed E-state index contributed by atoms with van der Waals surface area (Å²) < 4.78 is 5.18. The van der Waals surface area contributed by atoms with Gasteiger partial charge in [0.05, 0.1) is 18.8 Å². The van der Waals surface area contributed by atoms with Crippen LogP contribution in [0.5, 0.6) is 5.75 Å². The monoisotopic (exact) mass is 405 g/mol. The van der Waals surface area contributed by atoms with Crippen molar-refractivity contribution < 1.29 is 19.1 Å². The number of fused-ring (bicyclic) bond motifs is 4. The average molecular weight is 405 g/mol. The summed E-state index contributed by atoms with van der Waals surface area (Å²) in [7, 11) is 1.55. The molecule has 5 rings (SSSR count). The summed E-state index contributed by atoms with van der Waals surface area (Å²) in [5.41, 5.74) is 1.14. The van der Waals surface area contributed by atoms with E-state index in [9.17, 15) is 14.4 Å². The summed E-state index contributed by atoms with van der Waals surface area (Å²) in [5.74, 6) is -0.319. The fourth-order valence-electron chi connectivity index (χ4n) is 5.16. The van der Waals surface area contributed by atoms with E-state index >= 15 is 0 Å². The molecule has 0 bridgehead atoms. The number of benzene rings is 2. The number of hydrogen-bond acceptors (Lipinski definition) is 5. The zero-order valence-electron chi connectivity index (χ0n) is 16.8. The normalized spacial score (nSPS) is 25.6. The van der Waals surface area contributed by atoms with Crippen LogP contribution in [0.2, 0.25) is 0 Å². The molecule has 7 heteroatoms. The zero-order chi connectivity index (χ0) is 20.9. The highest BCUT2D eigenvalue weighted by Gasteiger charge is 2.62. The summed E-state index contributed by atoms with van der Waals surface area (Å²) in [6.07, 6.45) is 2.98. The predicted octanol–water partition coefficient (Wildman–Crippen LogP) is 2.88. The topological polar surface area (TPSA) is 79.0 Å². The quantitative estimate of drug-likeness (QED) is 0.778. The minimum atomic E-state index is -1.33. The van der Waals surface area contributed by atoms with Gasteiger partial charge in [-0.3, -0.25) is 14.9 Å². The van der Waals surface area contributed by atoms with Gasteiger partial charge in [-0.1, -0.05) is 18.2 Å². The molecular weight excluding hydrogens is 382 g/mol. The molecule has 1 N–H and O–H groups in total. The Labute approximate surface area is 174 Å². The Hall–Kier alpha value is -3.35. The van der Waals surface area contributed by atoms with Gasteiger partial charge in [0.15, 0.2) is 5.41 Å². The number of urea groups is 1. The standard InChI is InChI=1S/C23H23N3O4/c1-30-17-11-9-16(10-12-17)26-21(28)23(20(27)24-22(26)29)14-15-6-2-3-7-18(15)25-13-5-4-8-19(23)25/h2-3,6-7,9-12,19H,4-5,8,13-14H2,1H3,(H,24,27,29)/t19-,23-/m0/s1. The van der Waals surface area contributed by atoms with E-state index in [0.717, 1.165) is 42.0 Å². The first-order valence-corrected chi connectivity index (χ1v) is 10.2. The highest BCUT2D eigenvalue weighted by molar-refractivity contribution is 6.30. The van der Waals surface area contributed by atoms with Crippen LogP contribution in [0.15, 0.2) is 48.5 Å². The number of rotatable bonds is 2. The third-order valence-electron chi connectivity index (χ3n) is 6.59. The molecule has 3 aliphatic rings. The lowest BCUT2D eigenvalue weighted by Crippen LogP contribution is -2.72. The lowest BCUT2D eigenvalue weighted by molar-refractivity contribution is -0.145. The molecule has 2 aromatic carbocycles. The lowest BCUT2D eigenvalue weighted by Gasteiger charge is -2.53. The van der Waals surface area contributed by atoms with Crippen molar-refractivity contribution in [2.45, 2.75) is 31.7 Å². The molecule has 0 unspecified atom stereocenters. The molecule has 2 saturated heterocycles. The molecule has 2 fully saturated rings. The Bertz CT molecular complexity index is 1030. The van der Waals surface area contributed by atoms with Crippen LogP contribution in [0.3, 0.4) is 0 Å². The Balaban J connectivity index is 1.63. The smallest absolute Gasteiger partial charge is 0.335 e. The first-order chi connectivity index (χ1) is 14.6. The average Bonchev–Trinajstić information content (AvgIpc) is 2.78. The number of carbonyl (C=O) groups excluding carboxylic acids is 3. The summed E-state index contributed by atoms with van der Waals surface area (Å²) in [6, 6.07) is 13.7. The molecule has 0 aliphatic carbocycles. The molecule has 3 heterocycles. The molecule has 4 amide bonds. The van der Waals surface area contributed by atoms with Crippen molar-refractivity contribution in [3.05, 3.63) is 54.1 Å². The summed E-state index contributed by atoms with van der Waals surface area (Å²) in [5, 5.41) is 2.48. The van der Waals surface area contributed by atoms with Gasteiger partial charge < -0.3 is 9.64 Å². The van der Waals surface area contributed by atoms with Gasteiger partial charge in [-0.15, -0.1) is 0 Å². The van der Waals surface area contributed by atoms with Crippen molar-refractivity contribution in [1.82, 2.24) is 5.32 Å². The van der Waals surface area contributed by atoms with Gasteiger partial charge in [0.25, 0.3) is 5.91 Å². The van der Waals surface area contributed by atoms with E-state index in [1.807, 2.05) is 18.2 Å². The molecule has 2 aromatic rings. The van der Waals surface area contributed by atoms with Gasteiger partial charge in [-0.2, -0.15) is 0 Å². The van der Waals surface area contributed by atoms with Crippen molar-refractivity contribution in [2.75, 3.05) is 23.5 Å². The Morgan fingerprint density at radius 1 is 1.03 bits per heavy atom. The van der Waals surface area contributed by atoms with E-state index in [2.05, 4.69) is 16.3 Å². The lowest BCUT2D eigenvalue weighted by atomic mass is 9.66. The third-order valence-corrected chi connectivity index (χ3v) is 6.59. The van der Waals surface area contributed by atoms with Crippen molar-refractivity contribution >= 4 is 29.2 Å². The number of hydrogen-bond donors (Lipinski definition) is 1. The second-order valence-electron chi connectivity index (χ2n) is 8.08. The fraction of sp³-hybridized carbons (Fsp3) is 0.348. The van der Waals surface area contributed by atoms with Gasteiger partial charge in [-0.25, -0.2) is 9.69 Å². The van der Waals surface area contributed by atoms with E-state index in [1.165, 1.54) is 0 Å².